The molecule has 0 radical (unpaired) electrons. The van der Waals surface area contributed by atoms with Gasteiger partial charge >= 0.3 is 0 Å². The molecule has 1 aliphatic carbocycles. The zero-order valence-corrected chi connectivity index (χ0v) is 12.0. The minimum atomic E-state index is 0.505. The van der Waals surface area contributed by atoms with Gasteiger partial charge in [0.15, 0.2) is 0 Å². The summed E-state index contributed by atoms with van der Waals surface area (Å²) in [4.78, 5) is 2.54. The van der Waals surface area contributed by atoms with E-state index in [-0.39, 0.29) is 0 Å². The molecule has 0 aliphatic heterocycles. The Bertz CT molecular complexity index is 191. The molecule has 3 heteroatoms. The van der Waals surface area contributed by atoms with E-state index in [2.05, 4.69) is 31.1 Å². The van der Waals surface area contributed by atoms with Crippen LogP contribution >= 0.6 is 0 Å². The van der Waals surface area contributed by atoms with E-state index in [1.165, 1.54) is 32.1 Å². The second-order valence-electron chi connectivity index (χ2n) is 5.63. The third-order valence-electron chi connectivity index (χ3n) is 3.85. The molecule has 0 aromatic carbocycles. The van der Waals surface area contributed by atoms with Gasteiger partial charge in [0.1, 0.15) is 0 Å². The van der Waals surface area contributed by atoms with Gasteiger partial charge in [0.05, 0.1) is 6.61 Å². The SMILES string of the molecule is COCC(CNC(C)C)N(C)C1CCCCC1. The average Bonchev–Trinajstić information content (AvgIpc) is 2.34. The topological polar surface area (TPSA) is 24.5 Å². The smallest absolute Gasteiger partial charge is 0.0630 e. The van der Waals surface area contributed by atoms with Crippen molar-refractivity contribution < 1.29 is 4.74 Å². The summed E-state index contributed by atoms with van der Waals surface area (Å²) in [6, 6.07) is 1.82. The van der Waals surface area contributed by atoms with Gasteiger partial charge in [-0.2, -0.15) is 0 Å². The summed E-state index contributed by atoms with van der Waals surface area (Å²) >= 11 is 0. The highest BCUT2D eigenvalue weighted by Crippen LogP contribution is 2.22. The van der Waals surface area contributed by atoms with Crippen LogP contribution in [0.15, 0.2) is 0 Å². The summed E-state index contributed by atoms with van der Waals surface area (Å²) in [5.74, 6) is 0. The second kappa shape index (κ2) is 8.06. The lowest BCUT2D eigenvalue weighted by Gasteiger charge is -2.37. The Labute approximate surface area is 107 Å². The van der Waals surface area contributed by atoms with Gasteiger partial charge in [0.2, 0.25) is 0 Å². The lowest BCUT2D eigenvalue weighted by atomic mass is 9.93. The molecule has 1 fully saturated rings. The minimum Gasteiger partial charge on any atom is -0.383 e. The molecule has 0 heterocycles. The first-order valence-corrected chi connectivity index (χ1v) is 7.09. The molecule has 0 saturated heterocycles. The molecule has 1 rings (SSSR count). The summed E-state index contributed by atoms with van der Waals surface area (Å²) in [5, 5.41) is 3.53. The predicted molar refractivity (Wildman–Crippen MR) is 73.4 cm³/mol. The quantitative estimate of drug-likeness (QED) is 0.741. The third kappa shape index (κ3) is 5.36. The van der Waals surface area contributed by atoms with Crippen molar-refractivity contribution in [2.24, 2.45) is 0 Å². The lowest BCUT2D eigenvalue weighted by molar-refractivity contribution is 0.0654. The fourth-order valence-corrected chi connectivity index (χ4v) is 2.67. The molecule has 0 amide bonds. The van der Waals surface area contributed by atoms with Crippen LogP contribution in [0, 0.1) is 0 Å². The Kier molecular flexibility index (Phi) is 7.09. The van der Waals surface area contributed by atoms with Gasteiger partial charge in [0, 0.05) is 31.8 Å². The Morgan fingerprint density at radius 2 is 1.88 bits per heavy atom. The van der Waals surface area contributed by atoms with Crippen molar-refractivity contribution in [3.05, 3.63) is 0 Å². The van der Waals surface area contributed by atoms with Gasteiger partial charge in [-0.1, -0.05) is 33.1 Å². The maximum absolute atomic E-state index is 5.37. The standard InChI is InChI=1S/C14H30N2O/c1-12(2)15-10-14(11-17-4)16(3)13-8-6-5-7-9-13/h12-15H,5-11H2,1-4H3. The van der Waals surface area contributed by atoms with Crippen LogP contribution in [0.25, 0.3) is 0 Å². The molecular formula is C14H30N2O. The van der Waals surface area contributed by atoms with E-state index in [1.54, 1.807) is 7.11 Å². The van der Waals surface area contributed by atoms with Crippen LogP contribution in [-0.2, 0) is 4.74 Å². The highest BCUT2D eigenvalue weighted by molar-refractivity contribution is 4.81. The van der Waals surface area contributed by atoms with Crippen molar-refractivity contribution in [3.8, 4) is 0 Å². The third-order valence-corrected chi connectivity index (χ3v) is 3.85. The Morgan fingerprint density at radius 3 is 2.41 bits per heavy atom. The van der Waals surface area contributed by atoms with Gasteiger partial charge < -0.3 is 10.1 Å². The molecule has 1 atom stereocenters. The van der Waals surface area contributed by atoms with Gasteiger partial charge in [-0.25, -0.2) is 0 Å². The summed E-state index contributed by atoms with van der Waals surface area (Å²) in [6.45, 7) is 6.25. The van der Waals surface area contributed by atoms with E-state index in [9.17, 15) is 0 Å². The van der Waals surface area contributed by atoms with Crippen LogP contribution < -0.4 is 5.32 Å². The summed E-state index contributed by atoms with van der Waals surface area (Å²) < 4.78 is 5.37. The molecule has 0 spiro atoms. The number of nitrogens with zero attached hydrogens (tertiary/aromatic N) is 1. The summed E-state index contributed by atoms with van der Waals surface area (Å²) in [7, 11) is 4.07. The number of hydrogen-bond donors (Lipinski definition) is 1. The number of methoxy groups -OCH3 is 1. The van der Waals surface area contributed by atoms with Crippen LogP contribution in [0.5, 0.6) is 0 Å². The molecular weight excluding hydrogens is 212 g/mol. The first kappa shape index (κ1) is 14.9. The molecule has 1 aliphatic rings. The zero-order valence-electron chi connectivity index (χ0n) is 12.0. The maximum Gasteiger partial charge on any atom is 0.0630 e. The lowest BCUT2D eigenvalue weighted by Crippen LogP contribution is -2.49. The molecule has 1 N–H and O–H groups in total. The monoisotopic (exact) mass is 242 g/mol. The largest absolute Gasteiger partial charge is 0.383 e. The van der Waals surface area contributed by atoms with E-state index in [0.29, 0.717) is 12.1 Å². The zero-order chi connectivity index (χ0) is 12.7. The number of hydrogen-bond acceptors (Lipinski definition) is 3. The molecule has 102 valence electrons. The van der Waals surface area contributed by atoms with E-state index in [1.807, 2.05) is 0 Å². The van der Waals surface area contributed by atoms with Gasteiger partial charge in [-0.15, -0.1) is 0 Å². The highest BCUT2D eigenvalue weighted by atomic mass is 16.5. The molecule has 0 aromatic rings. The fraction of sp³-hybridized carbons (Fsp3) is 1.00. The average molecular weight is 242 g/mol. The first-order chi connectivity index (χ1) is 8.15. The predicted octanol–water partition coefficient (Wildman–Crippen LogP) is 2.26. The van der Waals surface area contributed by atoms with Crippen molar-refractivity contribution in [2.45, 2.75) is 64.1 Å². The van der Waals surface area contributed by atoms with Crippen molar-refractivity contribution in [2.75, 3.05) is 27.3 Å². The number of likely N-dealkylation sites (N-methyl/N-ethyl adjacent to an activating group) is 1. The molecule has 0 bridgehead atoms. The van der Waals surface area contributed by atoms with Gasteiger partial charge in [-0.3, -0.25) is 4.90 Å². The fourth-order valence-electron chi connectivity index (χ4n) is 2.67. The maximum atomic E-state index is 5.37. The molecule has 0 aromatic heterocycles. The minimum absolute atomic E-state index is 0.505. The summed E-state index contributed by atoms with van der Waals surface area (Å²) in [6.07, 6.45) is 6.93. The van der Waals surface area contributed by atoms with E-state index >= 15 is 0 Å². The normalized spacial score (nSPS) is 20.1. The van der Waals surface area contributed by atoms with Crippen molar-refractivity contribution >= 4 is 0 Å². The van der Waals surface area contributed by atoms with Crippen LogP contribution in [0.4, 0.5) is 0 Å². The molecule has 17 heavy (non-hydrogen) atoms. The van der Waals surface area contributed by atoms with Crippen molar-refractivity contribution in [1.82, 2.24) is 10.2 Å². The highest BCUT2D eigenvalue weighted by Gasteiger charge is 2.24. The van der Waals surface area contributed by atoms with Crippen LogP contribution in [0.3, 0.4) is 0 Å². The van der Waals surface area contributed by atoms with Crippen molar-refractivity contribution in [1.29, 1.82) is 0 Å². The van der Waals surface area contributed by atoms with E-state index in [0.717, 1.165) is 19.2 Å². The number of rotatable bonds is 7. The number of ether oxygens (including phenoxy) is 1. The van der Waals surface area contributed by atoms with Crippen LogP contribution in [0.1, 0.15) is 46.0 Å². The first-order valence-electron chi connectivity index (χ1n) is 7.09. The molecule has 1 saturated carbocycles. The Morgan fingerprint density at radius 1 is 1.24 bits per heavy atom. The van der Waals surface area contributed by atoms with Gasteiger partial charge in [0.25, 0.3) is 0 Å². The molecule has 1 unspecified atom stereocenters. The number of nitrogens with one attached hydrogen (secondary N) is 1. The van der Waals surface area contributed by atoms with Crippen LogP contribution in [0.2, 0.25) is 0 Å². The summed E-state index contributed by atoms with van der Waals surface area (Å²) in [5.41, 5.74) is 0. The molecule has 3 nitrogen and oxygen atoms in total. The van der Waals surface area contributed by atoms with E-state index < -0.39 is 0 Å². The van der Waals surface area contributed by atoms with Gasteiger partial charge in [-0.05, 0) is 19.9 Å². The Balaban J connectivity index is 2.42. The van der Waals surface area contributed by atoms with E-state index in [4.69, 9.17) is 4.74 Å². The Hall–Kier alpha value is -0.120. The van der Waals surface area contributed by atoms with Crippen LogP contribution in [-0.4, -0.2) is 50.3 Å². The van der Waals surface area contributed by atoms with Crippen molar-refractivity contribution in [3.63, 3.8) is 0 Å². The second-order valence-corrected chi connectivity index (χ2v) is 5.63.